The van der Waals surface area contributed by atoms with Gasteiger partial charge >= 0.3 is 0 Å². The first-order valence-corrected chi connectivity index (χ1v) is 11.6. The highest BCUT2D eigenvalue weighted by Crippen LogP contribution is 2.37. The third-order valence-electron chi connectivity index (χ3n) is 6.61. The van der Waals surface area contributed by atoms with Crippen molar-refractivity contribution in [1.82, 2.24) is 0 Å². The van der Waals surface area contributed by atoms with E-state index in [0.717, 1.165) is 11.8 Å². The van der Waals surface area contributed by atoms with Crippen molar-refractivity contribution in [3.63, 3.8) is 0 Å². The molecule has 0 nitrogen and oxygen atoms in total. The summed E-state index contributed by atoms with van der Waals surface area (Å²) in [4.78, 5) is 0.295. The van der Waals surface area contributed by atoms with Crippen LogP contribution >= 0.6 is 15.9 Å². The summed E-state index contributed by atoms with van der Waals surface area (Å²) < 4.78 is 0. The molecule has 2 fully saturated rings. The molecular weight excluding hydrogens is 380 g/mol. The summed E-state index contributed by atoms with van der Waals surface area (Å²) >= 11 is 3.94. The van der Waals surface area contributed by atoms with Gasteiger partial charge in [-0.05, 0) is 59.8 Å². The minimum atomic E-state index is 0.295. The van der Waals surface area contributed by atoms with Gasteiger partial charge in [-0.3, -0.25) is 0 Å². The Morgan fingerprint density at radius 1 is 0.538 bits per heavy atom. The first kappa shape index (κ1) is 18.3. The number of hydrogen-bond donors (Lipinski definition) is 0. The molecule has 2 aliphatic carbocycles. The van der Waals surface area contributed by atoms with Crippen LogP contribution in [0.2, 0.25) is 0 Å². The number of rotatable bonds is 4. The lowest BCUT2D eigenvalue weighted by Gasteiger charge is -2.23. The van der Waals surface area contributed by atoms with Gasteiger partial charge in [-0.15, -0.1) is 0 Å². The fraction of sp³-hybridized carbons (Fsp3) is 0.520. The minimum absolute atomic E-state index is 0.295. The maximum Gasteiger partial charge on any atom is 0.0644 e. The maximum atomic E-state index is 3.94. The molecule has 138 valence electrons. The van der Waals surface area contributed by atoms with Gasteiger partial charge in [-0.1, -0.05) is 103 Å². The topological polar surface area (TPSA) is 0 Å². The van der Waals surface area contributed by atoms with Crippen molar-refractivity contribution in [1.29, 1.82) is 0 Å². The van der Waals surface area contributed by atoms with Gasteiger partial charge in [0.25, 0.3) is 0 Å². The van der Waals surface area contributed by atoms with Crippen LogP contribution in [0.3, 0.4) is 0 Å². The van der Waals surface area contributed by atoms with Crippen molar-refractivity contribution in [2.75, 3.05) is 0 Å². The summed E-state index contributed by atoms with van der Waals surface area (Å²) in [7, 11) is 0. The van der Waals surface area contributed by atoms with E-state index in [1.807, 2.05) is 0 Å². The van der Waals surface area contributed by atoms with Crippen molar-refractivity contribution in [2.24, 2.45) is 0 Å². The summed E-state index contributed by atoms with van der Waals surface area (Å²) in [6, 6.07) is 18.8. The third kappa shape index (κ3) is 4.25. The fourth-order valence-electron chi connectivity index (χ4n) is 4.94. The average Bonchev–Trinajstić information content (AvgIpc) is 2.75. The average molecular weight is 411 g/mol. The van der Waals surface area contributed by atoms with E-state index in [4.69, 9.17) is 0 Å². The molecule has 0 spiro atoms. The van der Waals surface area contributed by atoms with E-state index in [1.54, 1.807) is 11.1 Å². The smallest absolute Gasteiger partial charge is 0.0644 e. The molecule has 0 N–H and O–H groups in total. The SMILES string of the molecule is BrC(c1ccc(C2CCCCC2)cc1)c1ccc(C2CCCCC2)cc1. The maximum absolute atomic E-state index is 3.94. The van der Waals surface area contributed by atoms with Gasteiger partial charge in [-0.25, -0.2) is 0 Å². The van der Waals surface area contributed by atoms with Crippen LogP contribution in [0, 0.1) is 0 Å². The molecule has 2 saturated carbocycles. The Labute approximate surface area is 167 Å². The molecule has 26 heavy (non-hydrogen) atoms. The lowest BCUT2D eigenvalue weighted by atomic mass is 9.83. The van der Waals surface area contributed by atoms with Crippen LogP contribution < -0.4 is 0 Å². The number of halogens is 1. The number of hydrogen-bond acceptors (Lipinski definition) is 0. The summed E-state index contributed by atoms with van der Waals surface area (Å²) in [5.41, 5.74) is 5.83. The molecule has 0 unspecified atom stereocenters. The van der Waals surface area contributed by atoms with Crippen molar-refractivity contribution in [3.05, 3.63) is 70.8 Å². The van der Waals surface area contributed by atoms with E-state index in [1.165, 1.54) is 75.3 Å². The highest BCUT2D eigenvalue weighted by atomic mass is 79.9. The Balaban J connectivity index is 1.43. The Kier molecular flexibility index (Phi) is 6.15. The second kappa shape index (κ2) is 8.74. The highest BCUT2D eigenvalue weighted by Gasteiger charge is 2.18. The first-order valence-electron chi connectivity index (χ1n) is 10.6. The zero-order valence-electron chi connectivity index (χ0n) is 15.8. The molecule has 0 atom stereocenters. The van der Waals surface area contributed by atoms with Gasteiger partial charge in [0.1, 0.15) is 0 Å². The molecule has 0 aliphatic heterocycles. The van der Waals surface area contributed by atoms with E-state index in [9.17, 15) is 0 Å². The minimum Gasteiger partial charge on any atom is -0.0786 e. The highest BCUT2D eigenvalue weighted by molar-refractivity contribution is 9.09. The van der Waals surface area contributed by atoms with Crippen LogP contribution in [-0.2, 0) is 0 Å². The molecule has 4 rings (SSSR count). The second-order valence-corrected chi connectivity index (χ2v) is 9.28. The second-order valence-electron chi connectivity index (χ2n) is 8.37. The zero-order chi connectivity index (χ0) is 17.8. The monoisotopic (exact) mass is 410 g/mol. The van der Waals surface area contributed by atoms with Gasteiger partial charge in [-0.2, -0.15) is 0 Å². The molecule has 0 amide bonds. The van der Waals surface area contributed by atoms with Crippen molar-refractivity contribution in [3.8, 4) is 0 Å². The molecule has 2 aromatic carbocycles. The van der Waals surface area contributed by atoms with Gasteiger partial charge in [0.2, 0.25) is 0 Å². The molecule has 0 radical (unpaired) electrons. The van der Waals surface area contributed by atoms with Crippen LogP contribution in [0.25, 0.3) is 0 Å². The molecule has 2 aromatic rings. The van der Waals surface area contributed by atoms with E-state index in [2.05, 4.69) is 64.5 Å². The predicted molar refractivity (Wildman–Crippen MR) is 115 cm³/mol. The van der Waals surface area contributed by atoms with Gasteiger partial charge in [0.05, 0.1) is 4.83 Å². The van der Waals surface area contributed by atoms with E-state index in [-0.39, 0.29) is 0 Å². The Bertz CT molecular complexity index is 612. The molecule has 0 saturated heterocycles. The van der Waals surface area contributed by atoms with E-state index < -0.39 is 0 Å². The van der Waals surface area contributed by atoms with E-state index >= 15 is 0 Å². The molecule has 2 aliphatic rings. The third-order valence-corrected chi connectivity index (χ3v) is 7.67. The molecular formula is C25H31Br. The largest absolute Gasteiger partial charge is 0.0786 e. The molecule has 0 aromatic heterocycles. The zero-order valence-corrected chi connectivity index (χ0v) is 17.4. The summed E-state index contributed by atoms with van der Waals surface area (Å²) in [5, 5.41) is 0. The predicted octanol–water partition coefficient (Wildman–Crippen LogP) is 8.27. The summed E-state index contributed by atoms with van der Waals surface area (Å²) in [5.74, 6) is 1.59. The molecule has 0 heterocycles. The van der Waals surface area contributed by atoms with Crippen molar-refractivity contribution >= 4 is 15.9 Å². The normalized spacial score (nSPS) is 19.8. The van der Waals surface area contributed by atoms with E-state index in [0.29, 0.717) is 4.83 Å². The fourth-order valence-corrected chi connectivity index (χ4v) is 5.55. The Hall–Kier alpha value is -1.08. The lowest BCUT2D eigenvalue weighted by molar-refractivity contribution is 0.443. The molecule has 1 heteroatoms. The van der Waals surface area contributed by atoms with Crippen LogP contribution in [0.1, 0.15) is 103 Å². The quantitative estimate of drug-likeness (QED) is 0.444. The van der Waals surface area contributed by atoms with Crippen molar-refractivity contribution in [2.45, 2.75) is 80.9 Å². The van der Waals surface area contributed by atoms with Crippen LogP contribution in [0.15, 0.2) is 48.5 Å². The standard InChI is InChI=1S/C25H31Br/c26-25(23-15-11-21(12-16-23)19-7-3-1-4-8-19)24-17-13-22(14-18-24)20-9-5-2-6-10-20/h11-20,25H,1-10H2. The summed E-state index contributed by atoms with van der Waals surface area (Å²) in [6.45, 7) is 0. The van der Waals surface area contributed by atoms with Gasteiger partial charge in [0, 0.05) is 0 Å². The van der Waals surface area contributed by atoms with Gasteiger partial charge < -0.3 is 0 Å². The first-order chi connectivity index (χ1) is 12.8. The van der Waals surface area contributed by atoms with Crippen LogP contribution in [-0.4, -0.2) is 0 Å². The number of alkyl halides is 1. The Morgan fingerprint density at radius 3 is 1.23 bits per heavy atom. The number of benzene rings is 2. The van der Waals surface area contributed by atoms with Crippen LogP contribution in [0.4, 0.5) is 0 Å². The molecule has 0 bridgehead atoms. The lowest BCUT2D eigenvalue weighted by Crippen LogP contribution is -2.05. The Morgan fingerprint density at radius 2 is 0.885 bits per heavy atom. The van der Waals surface area contributed by atoms with Gasteiger partial charge in [0.15, 0.2) is 0 Å². The van der Waals surface area contributed by atoms with Crippen molar-refractivity contribution < 1.29 is 0 Å². The van der Waals surface area contributed by atoms with Crippen LogP contribution in [0.5, 0.6) is 0 Å². The summed E-state index contributed by atoms with van der Waals surface area (Å²) in [6.07, 6.45) is 14.0.